The van der Waals surface area contributed by atoms with Crippen molar-refractivity contribution >= 4 is 291 Å². The third-order valence-corrected chi connectivity index (χ3v) is 27.1. The third kappa shape index (κ3) is 1.63. The number of hydrogen-bond donors (Lipinski definition) is 0. The van der Waals surface area contributed by atoms with Gasteiger partial charge in [-0.05, 0) is 324 Å². The molecule has 0 amide bonds. The number of likely N-dealkylation sites (tertiary alicyclic amines) is 1. The van der Waals surface area contributed by atoms with Gasteiger partial charge in [-0.15, -0.1) is 0 Å². The molecular weight excluding hydrogens is 915 g/mol. The molecule has 35 rings (SSSR count). The molecule has 1 nitrogen and oxygen atoms in total. The number of hydrogen-bond acceptors (Lipinski definition) is 1. The van der Waals surface area contributed by atoms with Gasteiger partial charge >= 0.3 is 0 Å². The highest BCUT2D eigenvalue weighted by Crippen LogP contribution is 2.87. The minimum Gasteiger partial charge on any atom is -0.290 e. The van der Waals surface area contributed by atoms with Gasteiger partial charge in [0.25, 0.3) is 0 Å². The number of nitrogens with zero attached hydrogens (tertiary/aromatic N) is 1. The zero-order valence-corrected chi connectivity index (χ0v) is 39.2. The molecule has 76 heavy (non-hydrogen) atoms. The molecule has 1 unspecified atom stereocenters. The second-order valence-electron chi connectivity index (χ2n) is 27.7. The van der Waals surface area contributed by atoms with E-state index in [0.29, 0.717) is 0 Å². The fraction of sp³-hybridized carbons (Fsp3) is 0.0667. The number of benzene rings is 20. The summed E-state index contributed by atoms with van der Waals surface area (Å²) in [5, 5.41) is 90.3. The van der Waals surface area contributed by atoms with Crippen LogP contribution in [0.25, 0.3) is 291 Å². The van der Waals surface area contributed by atoms with E-state index in [0.717, 1.165) is 13.1 Å². The summed E-state index contributed by atoms with van der Waals surface area (Å²) >= 11 is 0. The van der Waals surface area contributed by atoms with Crippen molar-refractivity contribution < 1.29 is 0 Å². The van der Waals surface area contributed by atoms with E-state index in [1.165, 1.54) is 11.1 Å². The van der Waals surface area contributed by atoms with Gasteiger partial charge in [-0.2, -0.15) is 0 Å². The summed E-state index contributed by atoms with van der Waals surface area (Å²) in [6.45, 7) is 1.96. The minimum absolute atomic E-state index is 0.129. The van der Waals surface area contributed by atoms with E-state index in [1.807, 2.05) is 0 Å². The summed E-state index contributed by atoms with van der Waals surface area (Å²) in [6, 6.07) is 24.1. The van der Waals surface area contributed by atoms with Crippen molar-refractivity contribution in [1.82, 2.24) is 4.90 Å². The van der Waals surface area contributed by atoms with Crippen LogP contribution in [-0.4, -0.2) is 11.4 Å². The molecule has 0 saturated carbocycles. The second kappa shape index (κ2) is 6.87. The fourth-order valence-electron chi connectivity index (χ4n) is 27.0. The Kier molecular flexibility index (Phi) is 2.63. The molecule has 0 radical (unpaired) electrons. The molecule has 1 heteroatoms. The van der Waals surface area contributed by atoms with E-state index in [-0.39, 0.29) is 16.9 Å². The van der Waals surface area contributed by atoms with Crippen LogP contribution in [0.2, 0.25) is 0 Å². The Bertz CT molecular complexity index is 7550. The van der Waals surface area contributed by atoms with Crippen molar-refractivity contribution in [2.24, 2.45) is 0 Å². The first-order chi connectivity index (χ1) is 37.9. The first-order valence-corrected chi connectivity index (χ1v) is 28.5. The van der Waals surface area contributed by atoms with Gasteiger partial charge < -0.3 is 0 Å². The van der Waals surface area contributed by atoms with Crippen molar-refractivity contribution in [2.75, 3.05) is 6.54 Å². The van der Waals surface area contributed by atoms with Crippen molar-refractivity contribution in [1.29, 1.82) is 0 Å². The summed E-state index contributed by atoms with van der Waals surface area (Å²) in [7, 11) is 0. The standard InChI is InChI=1S/C75H15N/c1-3-7-13(8-4-1)11-76-12-74-69-61-53-43-33-25-17-15-16-19-23-21(17)29-37-31(23)41-35-27(19)28-20(16)24-22-18(15)26(25)34-40-30(22)38-32(24)42-36(28)46-45(35)57-51(41)59-49(37)55(47(53)39(29)33)63(69)65(59)71-67(57)68-58(46)52(42)60-50(38)56-48(40)54(44(34)43)62(61)70(74)64(56)66(60)72(68)75(71,74)73(76)14-9-5-2-6-10-14/h1-10,73H,11-12H2. The van der Waals surface area contributed by atoms with Crippen LogP contribution < -0.4 is 0 Å². The number of rotatable bonds is 3. The topological polar surface area (TPSA) is 3.24 Å². The predicted molar refractivity (Wildman–Crippen MR) is 320 cm³/mol. The Morgan fingerprint density at radius 3 is 0.711 bits per heavy atom. The van der Waals surface area contributed by atoms with Crippen LogP contribution in [0.15, 0.2) is 60.7 Å². The van der Waals surface area contributed by atoms with Gasteiger partial charge in [0.2, 0.25) is 0 Å². The van der Waals surface area contributed by atoms with Crippen LogP contribution in [0.4, 0.5) is 0 Å². The van der Waals surface area contributed by atoms with Crippen molar-refractivity contribution in [2.45, 2.75) is 23.4 Å². The van der Waals surface area contributed by atoms with E-state index >= 15 is 0 Å². The van der Waals surface area contributed by atoms with Crippen LogP contribution in [-0.2, 0) is 17.4 Å². The maximum Gasteiger partial charge on any atom is 0.0575 e. The smallest absolute Gasteiger partial charge is 0.0575 e. The van der Waals surface area contributed by atoms with Gasteiger partial charge in [0.15, 0.2) is 0 Å². The highest BCUT2D eigenvalue weighted by molar-refractivity contribution is 6.82. The molecule has 0 bridgehead atoms. The van der Waals surface area contributed by atoms with Crippen LogP contribution in [0.1, 0.15) is 39.4 Å². The molecule has 4 aliphatic carbocycles. The lowest BCUT2D eigenvalue weighted by Crippen LogP contribution is -2.51. The monoisotopic (exact) mass is 929 g/mol. The molecule has 1 fully saturated rings. The predicted octanol–water partition coefficient (Wildman–Crippen LogP) is 19.6. The molecule has 0 aromatic heterocycles. The van der Waals surface area contributed by atoms with Gasteiger partial charge in [0, 0.05) is 13.1 Å². The molecule has 2 spiro atoms. The Labute approximate surface area is 417 Å². The Balaban J connectivity index is 1.09. The molecule has 1 saturated heterocycles. The largest absolute Gasteiger partial charge is 0.290 e. The molecular formula is C75H15N. The van der Waals surface area contributed by atoms with Crippen LogP contribution in [0.3, 0.4) is 0 Å². The minimum atomic E-state index is -0.353. The summed E-state index contributed by atoms with van der Waals surface area (Å²) in [5.41, 5.74) is 9.39. The SMILES string of the molecule is c1ccc(CN2CC34c5c6c7c8c9c%10c(c%11c%12c3c3c5c5c%13c6c6c7c7c9c9c%14c%10c%10c%11c%11c%12c%12c3c3c5c5c%13c%13c6c6c7c9c7c9c%14c%10c%10c%11c%11c%12c3c3c5c5c%13c6c7c6c9c%10c%11c3c56)C84C2c2ccccc2)cc1. The lowest BCUT2D eigenvalue weighted by Gasteiger charge is -2.52. The fourth-order valence-corrected chi connectivity index (χ4v) is 27.0. The van der Waals surface area contributed by atoms with Crippen LogP contribution in [0, 0.1) is 0 Å². The summed E-state index contributed by atoms with van der Waals surface area (Å²) in [5.74, 6) is 0. The van der Waals surface area contributed by atoms with Gasteiger partial charge in [0.1, 0.15) is 0 Å². The first-order valence-electron chi connectivity index (χ1n) is 28.5. The second-order valence-corrected chi connectivity index (χ2v) is 27.7. The van der Waals surface area contributed by atoms with Gasteiger partial charge in [0.05, 0.1) is 16.9 Å². The maximum absolute atomic E-state index is 3.11. The van der Waals surface area contributed by atoms with E-state index in [2.05, 4.69) is 65.6 Å². The molecule has 5 aliphatic rings. The van der Waals surface area contributed by atoms with E-state index in [4.69, 9.17) is 0 Å². The molecule has 1 atom stereocenters. The summed E-state index contributed by atoms with van der Waals surface area (Å²) in [6.07, 6.45) is 0. The average molecular weight is 930 g/mol. The molecule has 30 aromatic carbocycles. The molecule has 1 aliphatic heterocycles. The van der Waals surface area contributed by atoms with Crippen molar-refractivity contribution in [3.05, 3.63) is 94.0 Å². The van der Waals surface area contributed by atoms with Crippen molar-refractivity contribution in [3.63, 3.8) is 0 Å². The molecule has 30 aromatic rings. The van der Waals surface area contributed by atoms with Gasteiger partial charge in [-0.1, -0.05) is 60.7 Å². The molecule has 320 valence electrons. The normalized spacial score (nSPS) is 22.9. The Hall–Kier alpha value is -9.14. The molecule has 0 N–H and O–H groups in total. The Morgan fingerprint density at radius 2 is 0.461 bits per heavy atom. The maximum atomic E-state index is 3.11. The quantitative estimate of drug-likeness (QED) is 0.160. The zero-order valence-electron chi connectivity index (χ0n) is 39.2. The summed E-state index contributed by atoms with van der Waals surface area (Å²) in [4.78, 5) is 3.11. The van der Waals surface area contributed by atoms with Crippen molar-refractivity contribution in [3.8, 4) is 0 Å². The van der Waals surface area contributed by atoms with E-state index in [9.17, 15) is 0 Å². The zero-order chi connectivity index (χ0) is 45.3. The van der Waals surface area contributed by atoms with E-state index in [1.54, 1.807) is 313 Å². The van der Waals surface area contributed by atoms with Gasteiger partial charge in [-0.25, -0.2) is 0 Å². The van der Waals surface area contributed by atoms with Gasteiger partial charge in [-0.3, -0.25) is 4.90 Å². The lowest BCUT2D eigenvalue weighted by atomic mass is 9.47. The first kappa shape index (κ1) is 29.1. The van der Waals surface area contributed by atoms with Crippen LogP contribution in [0.5, 0.6) is 0 Å². The van der Waals surface area contributed by atoms with E-state index < -0.39 is 0 Å². The third-order valence-electron chi connectivity index (χ3n) is 27.1. The highest BCUT2D eigenvalue weighted by atomic mass is 15.2. The molecule has 1 heterocycles. The van der Waals surface area contributed by atoms with Crippen LogP contribution >= 0.6 is 0 Å². The summed E-state index contributed by atoms with van der Waals surface area (Å²) < 4.78 is 0. The highest BCUT2D eigenvalue weighted by Gasteiger charge is 2.76. The lowest BCUT2D eigenvalue weighted by molar-refractivity contribution is 0.218. The average Bonchev–Trinajstić information content (AvgIpc) is 2.09. The Morgan fingerprint density at radius 1 is 0.250 bits per heavy atom.